The van der Waals surface area contributed by atoms with Gasteiger partial charge in [-0.25, -0.2) is 0 Å². The lowest BCUT2D eigenvalue weighted by molar-refractivity contribution is 0.00934. The van der Waals surface area contributed by atoms with Crippen molar-refractivity contribution < 1.29 is 14.6 Å². The van der Waals surface area contributed by atoms with Crippen LogP contribution in [0.5, 0.6) is 0 Å². The molecule has 1 N–H and O–H groups in total. The van der Waals surface area contributed by atoms with Crippen molar-refractivity contribution in [3.05, 3.63) is 18.0 Å². The summed E-state index contributed by atoms with van der Waals surface area (Å²) in [6.07, 6.45) is 2.07. The van der Waals surface area contributed by atoms with E-state index in [1.54, 1.807) is 13.3 Å². The molecule has 16 heavy (non-hydrogen) atoms. The predicted octanol–water partition coefficient (Wildman–Crippen LogP) is 0.989. The van der Waals surface area contributed by atoms with Gasteiger partial charge in [-0.3, -0.25) is 4.68 Å². The topological polar surface area (TPSA) is 56.5 Å². The second-order valence-electron chi connectivity index (χ2n) is 3.56. The van der Waals surface area contributed by atoms with E-state index in [1.165, 1.54) is 0 Å². The number of methoxy groups -OCH3 is 1. The molecule has 5 heteroatoms. The van der Waals surface area contributed by atoms with Gasteiger partial charge in [0, 0.05) is 19.9 Å². The predicted molar refractivity (Wildman–Crippen MR) is 60.2 cm³/mol. The van der Waals surface area contributed by atoms with Crippen LogP contribution in [0.2, 0.25) is 0 Å². The monoisotopic (exact) mass is 228 g/mol. The number of nitrogens with zero attached hydrogens (tertiary/aromatic N) is 2. The highest BCUT2D eigenvalue weighted by Gasteiger charge is 2.12. The third-order valence-corrected chi connectivity index (χ3v) is 2.23. The van der Waals surface area contributed by atoms with Crippen LogP contribution in [0.25, 0.3) is 0 Å². The van der Waals surface area contributed by atoms with Crippen LogP contribution in [0.15, 0.2) is 12.3 Å². The molecule has 1 aromatic heterocycles. The third-order valence-electron chi connectivity index (χ3n) is 2.23. The highest BCUT2D eigenvalue weighted by molar-refractivity contribution is 5.04. The summed E-state index contributed by atoms with van der Waals surface area (Å²) in [4.78, 5) is 0. The van der Waals surface area contributed by atoms with Crippen LogP contribution in [0.4, 0.5) is 0 Å². The molecule has 1 aromatic rings. The Hall–Kier alpha value is -0.910. The van der Waals surface area contributed by atoms with Gasteiger partial charge in [0.15, 0.2) is 0 Å². The van der Waals surface area contributed by atoms with E-state index in [-0.39, 0.29) is 6.61 Å². The third kappa shape index (κ3) is 3.92. The molecule has 0 amide bonds. The number of ether oxygens (including phenoxy) is 2. The van der Waals surface area contributed by atoms with E-state index in [2.05, 4.69) is 12.0 Å². The number of rotatable bonds is 8. The molecule has 0 saturated carbocycles. The van der Waals surface area contributed by atoms with Crippen LogP contribution in [0, 0.1) is 0 Å². The Labute approximate surface area is 96.0 Å². The van der Waals surface area contributed by atoms with Gasteiger partial charge in [-0.05, 0) is 12.5 Å². The van der Waals surface area contributed by atoms with E-state index in [4.69, 9.17) is 9.47 Å². The van der Waals surface area contributed by atoms with Gasteiger partial charge >= 0.3 is 0 Å². The number of aryl methyl sites for hydroxylation is 1. The van der Waals surface area contributed by atoms with E-state index in [9.17, 15) is 5.11 Å². The van der Waals surface area contributed by atoms with Gasteiger partial charge in [0.05, 0.1) is 25.5 Å². The van der Waals surface area contributed by atoms with Gasteiger partial charge in [-0.2, -0.15) is 5.10 Å². The standard InChI is InChI=1S/C11H20N2O3/c1-3-6-13-10(4-5-12-13)11(14)9-16-8-7-15-2/h4-5,11,14H,3,6-9H2,1-2H3. The molecule has 1 atom stereocenters. The van der Waals surface area contributed by atoms with Crippen molar-refractivity contribution in [2.75, 3.05) is 26.9 Å². The Morgan fingerprint density at radius 3 is 3.00 bits per heavy atom. The quantitative estimate of drug-likeness (QED) is 0.674. The summed E-state index contributed by atoms with van der Waals surface area (Å²) < 4.78 is 11.9. The highest BCUT2D eigenvalue weighted by atomic mass is 16.5. The smallest absolute Gasteiger partial charge is 0.119 e. The molecule has 1 heterocycles. The average Bonchev–Trinajstić information content (AvgIpc) is 2.73. The van der Waals surface area contributed by atoms with E-state index in [0.717, 1.165) is 18.7 Å². The molecule has 0 bridgehead atoms. The van der Waals surface area contributed by atoms with Gasteiger partial charge in [-0.1, -0.05) is 6.92 Å². The normalized spacial score (nSPS) is 12.9. The lowest BCUT2D eigenvalue weighted by Crippen LogP contribution is -2.15. The van der Waals surface area contributed by atoms with Crippen LogP contribution in [0.3, 0.4) is 0 Å². The van der Waals surface area contributed by atoms with E-state index in [1.807, 2.05) is 10.7 Å². The maximum atomic E-state index is 9.89. The Balaban J connectivity index is 2.39. The molecule has 0 aliphatic heterocycles. The number of hydrogen-bond acceptors (Lipinski definition) is 4. The van der Waals surface area contributed by atoms with Gasteiger partial charge in [0.2, 0.25) is 0 Å². The second kappa shape index (κ2) is 7.38. The Kier molecular flexibility index (Phi) is 6.07. The minimum absolute atomic E-state index is 0.277. The summed E-state index contributed by atoms with van der Waals surface area (Å²) >= 11 is 0. The summed E-state index contributed by atoms with van der Waals surface area (Å²) in [5.41, 5.74) is 0.805. The zero-order valence-corrected chi connectivity index (χ0v) is 9.93. The first kappa shape index (κ1) is 13.2. The van der Waals surface area contributed by atoms with Crippen LogP contribution in [-0.4, -0.2) is 41.8 Å². The van der Waals surface area contributed by atoms with Crippen molar-refractivity contribution in [3.63, 3.8) is 0 Å². The van der Waals surface area contributed by atoms with Crippen molar-refractivity contribution in [2.24, 2.45) is 0 Å². The molecule has 0 aliphatic carbocycles. The molecule has 0 aromatic carbocycles. The minimum atomic E-state index is -0.620. The Morgan fingerprint density at radius 2 is 2.31 bits per heavy atom. The van der Waals surface area contributed by atoms with E-state index in [0.29, 0.717) is 13.2 Å². The first-order valence-corrected chi connectivity index (χ1v) is 5.56. The zero-order valence-electron chi connectivity index (χ0n) is 9.93. The van der Waals surface area contributed by atoms with Crippen molar-refractivity contribution in [1.29, 1.82) is 0 Å². The molecule has 1 rings (SSSR count). The lowest BCUT2D eigenvalue weighted by atomic mass is 10.2. The van der Waals surface area contributed by atoms with E-state index < -0.39 is 6.10 Å². The first-order valence-electron chi connectivity index (χ1n) is 5.56. The maximum Gasteiger partial charge on any atom is 0.119 e. The van der Waals surface area contributed by atoms with Gasteiger partial charge in [0.25, 0.3) is 0 Å². The van der Waals surface area contributed by atoms with Crippen molar-refractivity contribution in [2.45, 2.75) is 26.0 Å². The molecule has 1 unspecified atom stereocenters. The molecule has 0 fully saturated rings. The average molecular weight is 228 g/mol. The summed E-state index contributed by atoms with van der Waals surface area (Å²) in [5, 5.41) is 14.0. The van der Waals surface area contributed by atoms with Gasteiger partial charge in [0.1, 0.15) is 6.10 Å². The molecule has 5 nitrogen and oxygen atoms in total. The number of aliphatic hydroxyl groups is 1. The minimum Gasteiger partial charge on any atom is -0.384 e. The fraction of sp³-hybridized carbons (Fsp3) is 0.727. The Bertz CT molecular complexity index is 289. The first-order chi connectivity index (χ1) is 7.79. The maximum absolute atomic E-state index is 9.89. The van der Waals surface area contributed by atoms with Gasteiger partial charge in [-0.15, -0.1) is 0 Å². The fourth-order valence-electron chi connectivity index (χ4n) is 1.45. The summed E-state index contributed by atoms with van der Waals surface area (Å²) in [7, 11) is 1.62. The highest BCUT2D eigenvalue weighted by Crippen LogP contribution is 2.12. The van der Waals surface area contributed by atoms with Crippen molar-refractivity contribution >= 4 is 0 Å². The van der Waals surface area contributed by atoms with Crippen LogP contribution < -0.4 is 0 Å². The molecule has 0 radical (unpaired) electrons. The number of aliphatic hydroxyl groups excluding tert-OH is 1. The molecule has 0 saturated heterocycles. The van der Waals surface area contributed by atoms with Crippen LogP contribution >= 0.6 is 0 Å². The largest absolute Gasteiger partial charge is 0.384 e. The zero-order chi connectivity index (χ0) is 11.8. The fourth-order valence-corrected chi connectivity index (χ4v) is 1.45. The molecule has 92 valence electrons. The van der Waals surface area contributed by atoms with Crippen LogP contribution in [-0.2, 0) is 16.0 Å². The molecule has 0 spiro atoms. The number of hydrogen-bond donors (Lipinski definition) is 1. The van der Waals surface area contributed by atoms with Gasteiger partial charge < -0.3 is 14.6 Å². The van der Waals surface area contributed by atoms with Crippen molar-refractivity contribution in [3.8, 4) is 0 Å². The number of aromatic nitrogens is 2. The molecule has 0 aliphatic rings. The SMILES string of the molecule is CCCn1nccc1C(O)COCCOC. The summed E-state index contributed by atoms with van der Waals surface area (Å²) in [6, 6.07) is 1.82. The van der Waals surface area contributed by atoms with Crippen molar-refractivity contribution in [1.82, 2.24) is 9.78 Å². The summed E-state index contributed by atoms with van der Waals surface area (Å²) in [5.74, 6) is 0. The molecular formula is C11H20N2O3. The summed E-state index contributed by atoms with van der Waals surface area (Å²) in [6.45, 7) is 4.21. The van der Waals surface area contributed by atoms with E-state index >= 15 is 0 Å². The second-order valence-corrected chi connectivity index (χ2v) is 3.56. The molecular weight excluding hydrogens is 208 g/mol. The van der Waals surface area contributed by atoms with Crippen LogP contribution in [0.1, 0.15) is 25.1 Å². The lowest BCUT2D eigenvalue weighted by Gasteiger charge is -2.13. The Morgan fingerprint density at radius 1 is 1.50 bits per heavy atom.